The van der Waals surface area contributed by atoms with Crippen LogP contribution in [0, 0.1) is 12.8 Å². The monoisotopic (exact) mass is 250 g/mol. The SMILES string of the molecule is Cc1cscc1-c1noc(C2CC2C(=O)O)n1. The van der Waals surface area contributed by atoms with Gasteiger partial charge in [0.15, 0.2) is 0 Å². The van der Waals surface area contributed by atoms with Gasteiger partial charge in [-0.3, -0.25) is 4.79 Å². The molecule has 6 heteroatoms. The molecule has 1 aliphatic carbocycles. The van der Waals surface area contributed by atoms with Crippen LogP contribution in [0.25, 0.3) is 11.4 Å². The van der Waals surface area contributed by atoms with Crippen LogP contribution in [0.15, 0.2) is 15.3 Å². The molecule has 5 nitrogen and oxygen atoms in total. The highest BCUT2D eigenvalue weighted by atomic mass is 32.1. The van der Waals surface area contributed by atoms with Crippen molar-refractivity contribution in [1.29, 1.82) is 0 Å². The zero-order valence-corrected chi connectivity index (χ0v) is 9.90. The molecule has 0 bridgehead atoms. The first kappa shape index (κ1) is 10.5. The second-order valence-electron chi connectivity index (χ2n) is 4.21. The summed E-state index contributed by atoms with van der Waals surface area (Å²) in [4.78, 5) is 15.0. The second kappa shape index (κ2) is 3.66. The van der Waals surface area contributed by atoms with Gasteiger partial charge in [0.2, 0.25) is 11.7 Å². The third-order valence-electron chi connectivity index (χ3n) is 2.96. The fourth-order valence-corrected chi connectivity index (χ4v) is 2.65. The Morgan fingerprint density at radius 3 is 3.00 bits per heavy atom. The topological polar surface area (TPSA) is 76.2 Å². The lowest BCUT2D eigenvalue weighted by atomic mass is 10.2. The molecule has 1 N–H and O–H groups in total. The van der Waals surface area contributed by atoms with Crippen LogP contribution in [0.5, 0.6) is 0 Å². The summed E-state index contributed by atoms with van der Waals surface area (Å²) >= 11 is 1.58. The third kappa shape index (κ3) is 1.74. The molecule has 0 aliphatic heterocycles. The van der Waals surface area contributed by atoms with Crippen LogP contribution >= 0.6 is 11.3 Å². The van der Waals surface area contributed by atoms with Crippen molar-refractivity contribution >= 4 is 17.3 Å². The van der Waals surface area contributed by atoms with Crippen molar-refractivity contribution in [2.24, 2.45) is 5.92 Å². The van der Waals surface area contributed by atoms with E-state index in [0.717, 1.165) is 11.1 Å². The molecule has 17 heavy (non-hydrogen) atoms. The average molecular weight is 250 g/mol. The number of carboxylic acids is 1. The van der Waals surface area contributed by atoms with E-state index in [-0.39, 0.29) is 11.8 Å². The Hall–Kier alpha value is -1.69. The van der Waals surface area contributed by atoms with Crippen LogP contribution in [0.3, 0.4) is 0 Å². The van der Waals surface area contributed by atoms with Gasteiger partial charge in [-0.25, -0.2) is 0 Å². The fraction of sp³-hybridized carbons (Fsp3) is 0.364. The van der Waals surface area contributed by atoms with Crippen LogP contribution in [0.4, 0.5) is 0 Å². The average Bonchev–Trinajstić information content (AvgIpc) is 2.75. The van der Waals surface area contributed by atoms with Crippen LogP contribution in [-0.4, -0.2) is 21.2 Å². The van der Waals surface area contributed by atoms with Gasteiger partial charge in [0.1, 0.15) is 0 Å². The number of aliphatic carboxylic acids is 1. The molecular weight excluding hydrogens is 240 g/mol. The number of aryl methyl sites for hydroxylation is 1. The molecule has 0 aromatic carbocycles. The number of thiophene rings is 1. The molecule has 1 aliphatic rings. The summed E-state index contributed by atoms with van der Waals surface area (Å²) in [5.41, 5.74) is 2.06. The van der Waals surface area contributed by atoms with Gasteiger partial charge in [0, 0.05) is 10.9 Å². The lowest BCUT2D eigenvalue weighted by Gasteiger charge is -1.89. The maximum Gasteiger partial charge on any atom is 0.307 e. The first-order chi connectivity index (χ1) is 8.16. The summed E-state index contributed by atoms with van der Waals surface area (Å²) in [7, 11) is 0. The standard InChI is InChI=1S/C11H10N2O3S/c1-5-3-17-4-8(5)9-12-10(16-13-9)6-2-7(6)11(14)15/h3-4,6-7H,2H2,1H3,(H,14,15). The highest BCUT2D eigenvalue weighted by Crippen LogP contribution is 2.47. The molecule has 0 saturated heterocycles. The first-order valence-corrected chi connectivity index (χ1v) is 6.20. The lowest BCUT2D eigenvalue weighted by Crippen LogP contribution is -1.98. The molecular formula is C11H10N2O3S. The zero-order chi connectivity index (χ0) is 12.0. The number of aromatic nitrogens is 2. The highest BCUT2D eigenvalue weighted by molar-refractivity contribution is 7.08. The van der Waals surface area contributed by atoms with E-state index >= 15 is 0 Å². The van der Waals surface area contributed by atoms with Gasteiger partial charge in [-0.05, 0) is 24.3 Å². The summed E-state index contributed by atoms with van der Waals surface area (Å²) in [6, 6.07) is 0. The van der Waals surface area contributed by atoms with E-state index in [1.54, 1.807) is 11.3 Å². The van der Waals surface area contributed by atoms with Crippen molar-refractivity contribution in [2.75, 3.05) is 0 Å². The summed E-state index contributed by atoms with van der Waals surface area (Å²) in [5, 5.41) is 16.7. The second-order valence-corrected chi connectivity index (χ2v) is 4.96. The summed E-state index contributed by atoms with van der Waals surface area (Å²) < 4.78 is 5.13. The van der Waals surface area contributed by atoms with E-state index in [1.807, 2.05) is 17.7 Å². The van der Waals surface area contributed by atoms with Gasteiger partial charge in [-0.2, -0.15) is 16.3 Å². The first-order valence-electron chi connectivity index (χ1n) is 5.26. The Morgan fingerprint density at radius 1 is 1.59 bits per heavy atom. The molecule has 3 rings (SSSR count). The van der Waals surface area contributed by atoms with Gasteiger partial charge < -0.3 is 9.63 Å². The van der Waals surface area contributed by atoms with Gasteiger partial charge in [-0.1, -0.05) is 5.16 Å². The fourth-order valence-electron chi connectivity index (χ4n) is 1.83. The number of hydrogen-bond donors (Lipinski definition) is 1. The van der Waals surface area contributed by atoms with E-state index in [4.69, 9.17) is 9.63 Å². The number of nitrogens with zero attached hydrogens (tertiary/aromatic N) is 2. The Morgan fingerprint density at radius 2 is 2.41 bits per heavy atom. The van der Waals surface area contributed by atoms with Gasteiger partial charge in [0.05, 0.1) is 11.8 Å². The molecule has 2 atom stereocenters. The van der Waals surface area contributed by atoms with Gasteiger partial charge in [-0.15, -0.1) is 0 Å². The molecule has 0 spiro atoms. The van der Waals surface area contributed by atoms with Crippen LogP contribution < -0.4 is 0 Å². The molecule has 0 amide bonds. The molecule has 2 aromatic heterocycles. The number of carbonyl (C=O) groups is 1. The van der Waals surface area contributed by atoms with E-state index in [9.17, 15) is 4.79 Å². The minimum absolute atomic E-state index is 0.104. The molecule has 2 aromatic rings. The van der Waals surface area contributed by atoms with E-state index in [1.165, 1.54) is 0 Å². The summed E-state index contributed by atoms with van der Waals surface area (Å²) in [6.07, 6.45) is 0.597. The smallest absolute Gasteiger partial charge is 0.307 e. The zero-order valence-electron chi connectivity index (χ0n) is 9.08. The molecule has 1 fully saturated rings. The molecule has 2 unspecified atom stereocenters. The minimum atomic E-state index is -0.790. The number of rotatable bonds is 3. The predicted molar refractivity (Wildman–Crippen MR) is 60.8 cm³/mol. The Bertz CT molecular complexity index is 575. The van der Waals surface area contributed by atoms with E-state index in [0.29, 0.717) is 18.1 Å². The van der Waals surface area contributed by atoms with Crippen molar-refractivity contribution in [3.05, 3.63) is 22.2 Å². The summed E-state index contributed by atoms with van der Waals surface area (Å²) in [6.45, 7) is 1.99. The molecule has 0 radical (unpaired) electrons. The van der Waals surface area contributed by atoms with Crippen molar-refractivity contribution < 1.29 is 14.4 Å². The third-order valence-corrected chi connectivity index (χ3v) is 3.82. The van der Waals surface area contributed by atoms with Crippen LogP contribution in [-0.2, 0) is 4.79 Å². The maximum absolute atomic E-state index is 10.7. The van der Waals surface area contributed by atoms with Crippen molar-refractivity contribution in [1.82, 2.24) is 10.1 Å². The van der Waals surface area contributed by atoms with Crippen molar-refractivity contribution in [3.8, 4) is 11.4 Å². The maximum atomic E-state index is 10.7. The number of hydrogen-bond acceptors (Lipinski definition) is 5. The molecule has 2 heterocycles. The van der Waals surface area contributed by atoms with Crippen molar-refractivity contribution in [2.45, 2.75) is 19.3 Å². The van der Waals surface area contributed by atoms with Gasteiger partial charge in [0.25, 0.3) is 0 Å². The molecule has 1 saturated carbocycles. The highest BCUT2D eigenvalue weighted by Gasteiger charge is 2.48. The van der Waals surface area contributed by atoms with E-state index < -0.39 is 5.97 Å². The largest absolute Gasteiger partial charge is 0.481 e. The predicted octanol–water partition coefficient (Wildman–Crippen LogP) is 2.29. The minimum Gasteiger partial charge on any atom is -0.481 e. The Balaban J connectivity index is 1.85. The van der Waals surface area contributed by atoms with Crippen LogP contribution in [0.1, 0.15) is 23.8 Å². The Kier molecular flexibility index (Phi) is 2.25. The van der Waals surface area contributed by atoms with E-state index in [2.05, 4.69) is 10.1 Å². The number of carboxylic acid groups (broad SMARTS) is 1. The quantitative estimate of drug-likeness (QED) is 0.904. The summed E-state index contributed by atoms with van der Waals surface area (Å²) in [5.74, 6) is -0.256. The van der Waals surface area contributed by atoms with Gasteiger partial charge >= 0.3 is 5.97 Å². The lowest BCUT2D eigenvalue weighted by molar-refractivity contribution is -0.138. The van der Waals surface area contributed by atoms with Crippen LogP contribution in [0.2, 0.25) is 0 Å². The molecule has 88 valence electrons. The Labute approximate surface area is 101 Å². The normalized spacial score (nSPS) is 22.6. The van der Waals surface area contributed by atoms with Crippen molar-refractivity contribution in [3.63, 3.8) is 0 Å².